The average Bonchev–Trinajstić information content (AvgIpc) is 2.80. The highest BCUT2D eigenvalue weighted by molar-refractivity contribution is 6.11. The molecule has 2 aromatic carbocycles. The first kappa shape index (κ1) is 23.1. The molecular formula is C24H25FN2O5. The molecular weight excluding hydrogens is 415 g/mol. The van der Waals surface area contributed by atoms with Gasteiger partial charge in [-0.15, -0.1) is 0 Å². The predicted molar refractivity (Wildman–Crippen MR) is 117 cm³/mol. The number of carbonyl (C=O) groups excluding carboxylic acids is 2. The van der Waals surface area contributed by atoms with Crippen molar-refractivity contribution in [3.05, 3.63) is 70.7 Å². The zero-order valence-corrected chi connectivity index (χ0v) is 18.2. The van der Waals surface area contributed by atoms with Gasteiger partial charge in [0.2, 0.25) is 0 Å². The first-order valence-electron chi connectivity index (χ1n) is 10.1. The first-order chi connectivity index (χ1) is 15.4. The normalized spacial score (nSPS) is 10.9. The maximum atomic E-state index is 13.3. The highest BCUT2D eigenvalue weighted by Gasteiger charge is 2.24. The van der Waals surface area contributed by atoms with Gasteiger partial charge in [0.15, 0.2) is 5.75 Å². The number of likely N-dealkylation sites (N-methyl/N-ethyl adjacent to an activating group) is 1. The summed E-state index contributed by atoms with van der Waals surface area (Å²) < 4.78 is 23.1. The van der Waals surface area contributed by atoms with Crippen LogP contribution in [0.15, 0.2) is 42.6 Å². The van der Waals surface area contributed by atoms with Crippen LogP contribution in [0.4, 0.5) is 4.39 Å². The summed E-state index contributed by atoms with van der Waals surface area (Å²) in [5.74, 6) is -1.76. The quantitative estimate of drug-likeness (QED) is 0.539. The molecule has 1 heterocycles. The van der Waals surface area contributed by atoms with Crippen molar-refractivity contribution in [1.82, 2.24) is 9.88 Å². The number of amides is 1. The summed E-state index contributed by atoms with van der Waals surface area (Å²) in [6, 6.07) is 9.19. The number of halogens is 1. The Morgan fingerprint density at radius 2 is 1.81 bits per heavy atom. The van der Waals surface area contributed by atoms with Crippen molar-refractivity contribution in [3.8, 4) is 5.75 Å². The third kappa shape index (κ3) is 4.86. The molecule has 0 aliphatic heterocycles. The van der Waals surface area contributed by atoms with Crippen LogP contribution >= 0.6 is 0 Å². The summed E-state index contributed by atoms with van der Waals surface area (Å²) >= 11 is 0. The number of hydrogen-bond donors (Lipinski definition) is 1. The Morgan fingerprint density at radius 3 is 2.44 bits per heavy atom. The number of rotatable bonds is 8. The Hall–Kier alpha value is -3.52. The number of fused-ring (bicyclic) bond motifs is 1. The van der Waals surface area contributed by atoms with Crippen LogP contribution in [0.1, 0.15) is 38.8 Å². The zero-order valence-electron chi connectivity index (χ0n) is 18.2. The Bertz CT molecular complexity index is 1130. The second kappa shape index (κ2) is 10.2. The molecule has 0 aliphatic rings. The van der Waals surface area contributed by atoms with E-state index < -0.39 is 5.97 Å². The second-order valence-corrected chi connectivity index (χ2v) is 7.23. The lowest BCUT2D eigenvalue weighted by Gasteiger charge is -2.22. The van der Waals surface area contributed by atoms with Gasteiger partial charge in [0.05, 0.1) is 19.3 Å². The number of pyridine rings is 1. The topological polar surface area (TPSA) is 89.0 Å². The van der Waals surface area contributed by atoms with Gasteiger partial charge in [-0.2, -0.15) is 0 Å². The molecule has 0 radical (unpaired) electrons. The minimum atomic E-state index is -0.768. The van der Waals surface area contributed by atoms with E-state index >= 15 is 0 Å². The van der Waals surface area contributed by atoms with Crippen molar-refractivity contribution in [2.75, 3.05) is 33.9 Å². The number of methoxy groups -OCH3 is 2. The maximum Gasteiger partial charge on any atom is 0.341 e. The van der Waals surface area contributed by atoms with Crippen molar-refractivity contribution in [2.24, 2.45) is 0 Å². The van der Waals surface area contributed by atoms with Crippen molar-refractivity contribution >= 4 is 22.8 Å². The van der Waals surface area contributed by atoms with E-state index in [-0.39, 0.29) is 34.1 Å². The van der Waals surface area contributed by atoms with Gasteiger partial charge in [0, 0.05) is 31.8 Å². The zero-order chi connectivity index (χ0) is 23.3. The lowest BCUT2D eigenvalue weighted by Crippen LogP contribution is -2.34. The minimum absolute atomic E-state index is 0.127. The second-order valence-electron chi connectivity index (χ2n) is 7.23. The smallest absolute Gasteiger partial charge is 0.341 e. The molecule has 8 heteroatoms. The fourth-order valence-corrected chi connectivity index (χ4v) is 3.47. The number of esters is 1. The van der Waals surface area contributed by atoms with Crippen LogP contribution in [0.5, 0.6) is 5.75 Å². The van der Waals surface area contributed by atoms with Crippen LogP contribution in [0.25, 0.3) is 10.9 Å². The molecule has 0 unspecified atom stereocenters. The van der Waals surface area contributed by atoms with E-state index in [1.54, 1.807) is 36.4 Å². The summed E-state index contributed by atoms with van der Waals surface area (Å²) in [5, 5.41) is 11.1. The fraction of sp³-hybridized carbons (Fsp3) is 0.292. The Balaban J connectivity index is 2.14. The molecule has 1 N–H and O–H groups in total. The van der Waals surface area contributed by atoms with Crippen molar-refractivity contribution in [2.45, 2.75) is 13.3 Å². The van der Waals surface area contributed by atoms with Gasteiger partial charge >= 0.3 is 5.97 Å². The van der Waals surface area contributed by atoms with E-state index in [0.29, 0.717) is 31.5 Å². The molecule has 1 amide bonds. The van der Waals surface area contributed by atoms with Crippen LogP contribution in [0.2, 0.25) is 0 Å². The van der Waals surface area contributed by atoms with Gasteiger partial charge in [0.25, 0.3) is 5.91 Å². The number of carbonyl (C=O) groups is 2. The van der Waals surface area contributed by atoms with E-state index in [1.807, 2.05) is 6.92 Å². The minimum Gasteiger partial charge on any atom is -0.505 e. The molecule has 0 spiro atoms. The summed E-state index contributed by atoms with van der Waals surface area (Å²) in [6.45, 7) is 2.99. The fourth-order valence-electron chi connectivity index (χ4n) is 3.47. The van der Waals surface area contributed by atoms with Gasteiger partial charge < -0.3 is 19.5 Å². The standard InChI is InChI=1S/C24H25FN2O5/c1-4-27(9-10-31-2)23(29)19-13-20(24(30)32-3)22(28)21-18(19)12-16(14-26-21)11-15-5-7-17(25)8-6-15/h5-8,12-14,28H,4,9-11H2,1-3H3. The van der Waals surface area contributed by atoms with Crippen molar-refractivity contribution in [3.63, 3.8) is 0 Å². The monoisotopic (exact) mass is 440 g/mol. The molecule has 0 bridgehead atoms. The first-order valence-corrected chi connectivity index (χ1v) is 10.1. The SMILES string of the molecule is CCN(CCOC)C(=O)c1cc(C(=O)OC)c(O)c2ncc(Cc3ccc(F)cc3)cc12. The third-order valence-electron chi connectivity index (χ3n) is 5.19. The molecule has 1 aromatic heterocycles. The van der Waals surface area contributed by atoms with Crippen LogP contribution in [0.3, 0.4) is 0 Å². The number of aromatic nitrogens is 1. The number of nitrogens with zero attached hydrogens (tertiary/aromatic N) is 2. The number of benzene rings is 2. The number of phenolic OH excluding ortho intramolecular Hbond substituents is 1. The predicted octanol–water partition coefficient (Wildman–Crippen LogP) is 3.57. The Kier molecular flexibility index (Phi) is 7.37. The van der Waals surface area contributed by atoms with Gasteiger partial charge in [-0.25, -0.2) is 9.18 Å². The Morgan fingerprint density at radius 1 is 1.09 bits per heavy atom. The average molecular weight is 440 g/mol. The van der Waals surface area contributed by atoms with Gasteiger partial charge in [-0.05, 0) is 48.7 Å². The number of ether oxygens (including phenoxy) is 2. The van der Waals surface area contributed by atoms with Gasteiger partial charge in [0.1, 0.15) is 16.9 Å². The van der Waals surface area contributed by atoms with Gasteiger partial charge in [-0.3, -0.25) is 9.78 Å². The largest absolute Gasteiger partial charge is 0.505 e. The Labute approximate surface area is 185 Å². The summed E-state index contributed by atoms with van der Waals surface area (Å²) in [6.07, 6.45) is 2.01. The van der Waals surface area contributed by atoms with Crippen LogP contribution in [-0.4, -0.2) is 60.8 Å². The molecule has 7 nitrogen and oxygen atoms in total. The number of hydrogen-bond acceptors (Lipinski definition) is 6. The summed E-state index contributed by atoms with van der Waals surface area (Å²) in [4.78, 5) is 31.5. The van der Waals surface area contributed by atoms with E-state index in [2.05, 4.69) is 4.98 Å². The van der Waals surface area contributed by atoms with Crippen LogP contribution < -0.4 is 0 Å². The molecule has 0 saturated carbocycles. The molecule has 32 heavy (non-hydrogen) atoms. The molecule has 168 valence electrons. The molecule has 0 saturated heterocycles. The highest BCUT2D eigenvalue weighted by atomic mass is 19.1. The van der Waals surface area contributed by atoms with E-state index in [4.69, 9.17) is 9.47 Å². The lowest BCUT2D eigenvalue weighted by atomic mass is 9.98. The number of aromatic hydroxyl groups is 1. The molecule has 0 fully saturated rings. The number of phenols is 1. The lowest BCUT2D eigenvalue weighted by molar-refractivity contribution is 0.0597. The van der Waals surface area contributed by atoms with Crippen molar-refractivity contribution in [1.29, 1.82) is 0 Å². The van der Waals surface area contributed by atoms with Gasteiger partial charge in [-0.1, -0.05) is 12.1 Å². The van der Waals surface area contributed by atoms with Crippen LogP contribution in [0, 0.1) is 5.82 Å². The molecule has 3 rings (SSSR count). The summed E-state index contributed by atoms with van der Waals surface area (Å²) in [7, 11) is 2.75. The van der Waals surface area contributed by atoms with E-state index in [9.17, 15) is 19.1 Å². The molecule has 0 aliphatic carbocycles. The molecule has 3 aromatic rings. The molecule has 0 atom stereocenters. The third-order valence-corrected chi connectivity index (χ3v) is 5.19. The van der Waals surface area contributed by atoms with E-state index in [0.717, 1.165) is 11.1 Å². The highest BCUT2D eigenvalue weighted by Crippen LogP contribution is 2.32. The van der Waals surface area contributed by atoms with Crippen LogP contribution in [-0.2, 0) is 15.9 Å². The maximum absolute atomic E-state index is 13.3. The van der Waals surface area contributed by atoms with Crippen molar-refractivity contribution < 1.29 is 28.6 Å². The summed E-state index contributed by atoms with van der Waals surface area (Å²) in [5.41, 5.74) is 1.85. The van der Waals surface area contributed by atoms with E-state index in [1.165, 1.54) is 25.3 Å².